The monoisotopic (exact) mass is 179 g/mol. The molecular formula is C12H21N. The largest absolute Gasteiger partial charge is 0.316 e. The van der Waals surface area contributed by atoms with Crippen LogP contribution in [-0.2, 0) is 0 Å². The summed E-state index contributed by atoms with van der Waals surface area (Å²) in [5.41, 5.74) is 2.05. The van der Waals surface area contributed by atoms with Crippen LogP contribution in [0.1, 0.15) is 39.0 Å². The van der Waals surface area contributed by atoms with Crippen molar-refractivity contribution in [1.82, 2.24) is 5.32 Å². The molecule has 0 aliphatic heterocycles. The van der Waals surface area contributed by atoms with Gasteiger partial charge in [-0.2, -0.15) is 0 Å². The Hall–Kier alpha value is -0.300. The van der Waals surface area contributed by atoms with E-state index in [4.69, 9.17) is 0 Å². The lowest BCUT2D eigenvalue weighted by Crippen LogP contribution is -2.26. The van der Waals surface area contributed by atoms with Gasteiger partial charge in [-0.1, -0.05) is 5.57 Å². The molecule has 2 aliphatic carbocycles. The highest BCUT2D eigenvalue weighted by atomic mass is 14.9. The first kappa shape index (κ1) is 9.26. The molecule has 0 aromatic rings. The van der Waals surface area contributed by atoms with Crippen molar-refractivity contribution in [3.05, 3.63) is 12.2 Å². The quantitative estimate of drug-likeness (QED) is 0.488. The van der Waals surface area contributed by atoms with Crippen molar-refractivity contribution in [3.63, 3.8) is 0 Å². The molecule has 2 fully saturated rings. The highest BCUT2D eigenvalue weighted by Gasteiger charge is 2.52. The lowest BCUT2D eigenvalue weighted by molar-refractivity contribution is 0.406. The fourth-order valence-electron chi connectivity index (χ4n) is 2.22. The van der Waals surface area contributed by atoms with E-state index in [0.29, 0.717) is 0 Å². The maximum atomic E-state index is 3.91. The minimum atomic E-state index is 0.759. The maximum Gasteiger partial charge on any atom is 0.00106 e. The molecule has 2 rings (SSSR count). The molecule has 0 saturated heterocycles. The Balaban J connectivity index is 1.60. The van der Waals surface area contributed by atoms with Gasteiger partial charge in [0.1, 0.15) is 0 Å². The van der Waals surface area contributed by atoms with Crippen LogP contribution in [0.3, 0.4) is 0 Å². The van der Waals surface area contributed by atoms with Crippen molar-refractivity contribution in [2.24, 2.45) is 11.3 Å². The van der Waals surface area contributed by atoms with Gasteiger partial charge in [-0.3, -0.25) is 0 Å². The Morgan fingerprint density at radius 2 is 2.15 bits per heavy atom. The molecule has 2 saturated carbocycles. The Morgan fingerprint density at radius 1 is 1.46 bits per heavy atom. The van der Waals surface area contributed by atoms with Gasteiger partial charge < -0.3 is 5.32 Å². The first-order valence-electron chi connectivity index (χ1n) is 5.58. The lowest BCUT2D eigenvalue weighted by atomic mass is 10.0. The Morgan fingerprint density at radius 3 is 2.62 bits per heavy atom. The normalized spacial score (nSPS) is 24.4. The first-order valence-corrected chi connectivity index (χ1v) is 5.58. The average molecular weight is 179 g/mol. The summed E-state index contributed by atoms with van der Waals surface area (Å²) in [6, 6.07) is 0. The van der Waals surface area contributed by atoms with Gasteiger partial charge in [0.25, 0.3) is 0 Å². The smallest absolute Gasteiger partial charge is 0.00106 e. The minimum Gasteiger partial charge on any atom is -0.316 e. The summed E-state index contributed by atoms with van der Waals surface area (Å²) >= 11 is 0. The number of hydrogen-bond acceptors (Lipinski definition) is 1. The number of hydrogen-bond donors (Lipinski definition) is 1. The summed E-state index contributed by atoms with van der Waals surface area (Å²) < 4.78 is 0. The standard InChI is InChI=1S/C12H21N/c1-10(2)5-8-13-9-12(6-7-12)11-3-4-11/h11,13H,1,3-9H2,2H3. The molecule has 13 heavy (non-hydrogen) atoms. The maximum absolute atomic E-state index is 3.91. The van der Waals surface area contributed by atoms with Gasteiger partial charge in [-0.05, 0) is 56.9 Å². The fraction of sp³-hybridized carbons (Fsp3) is 0.833. The summed E-state index contributed by atoms with van der Waals surface area (Å²) in [4.78, 5) is 0. The van der Waals surface area contributed by atoms with E-state index in [0.717, 1.165) is 24.3 Å². The second kappa shape index (κ2) is 3.45. The predicted molar refractivity (Wildman–Crippen MR) is 56.7 cm³/mol. The van der Waals surface area contributed by atoms with Gasteiger partial charge in [-0.15, -0.1) is 6.58 Å². The van der Waals surface area contributed by atoms with Crippen molar-refractivity contribution in [1.29, 1.82) is 0 Å². The van der Waals surface area contributed by atoms with Gasteiger partial charge in [-0.25, -0.2) is 0 Å². The van der Waals surface area contributed by atoms with Crippen LogP contribution in [0, 0.1) is 11.3 Å². The minimum absolute atomic E-state index is 0.759. The Bertz CT molecular complexity index is 199. The molecule has 0 spiro atoms. The van der Waals surface area contributed by atoms with E-state index in [1.54, 1.807) is 0 Å². The summed E-state index contributed by atoms with van der Waals surface area (Å²) in [7, 11) is 0. The van der Waals surface area contributed by atoms with Crippen molar-refractivity contribution in [2.75, 3.05) is 13.1 Å². The predicted octanol–water partition coefficient (Wildman–Crippen LogP) is 2.73. The molecule has 1 N–H and O–H groups in total. The molecule has 0 aromatic carbocycles. The van der Waals surface area contributed by atoms with E-state index in [-0.39, 0.29) is 0 Å². The summed E-state index contributed by atoms with van der Waals surface area (Å²) in [5.74, 6) is 1.09. The molecule has 1 nitrogen and oxygen atoms in total. The summed E-state index contributed by atoms with van der Waals surface area (Å²) in [6.45, 7) is 8.42. The second-order valence-corrected chi connectivity index (χ2v) is 5.02. The zero-order valence-corrected chi connectivity index (χ0v) is 8.73. The molecule has 0 heterocycles. The Labute approximate surface area is 81.6 Å². The van der Waals surface area contributed by atoms with Crippen molar-refractivity contribution >= 4 is 0 Å². The van der Waals surface area contributed by atoms with E-state index in [1.165, 1.54) is 37.8 Å². The van der Waals surface area contributed by atoms with Crippen LogP contribution in [0.2, 0.25) is 0 Å². The van der Waals surface area contributed by atoms with Crippen molar-refractivity contribution in [3.8, 4) is 0 Å². The molecule has 0 bridgehead atoms. The SMILES string of the molecule is C=C(C)CCNCC1(C2CC2)CC1. The van der Waals surface area contributed by atoms with Crippen LogP contribution >= 0.6 is 0 Å². The summed E-state index contributed by atoms with van der Waals surface area (Å²) in [5, 5.41) is 3.58. The van der Waals surface area contributed by atoms with Crippen molar-refractivity contribution in [2.45, 2.75) is 39.0 Å². The van der Waals surface area contributed by atoms with Crippen LogP contribution in [0.5, 0.6) is 0 Å². The van der Waals surface area contributed by atoms with Gasteiger partial charge in [0.15, 0.2) is 0 Å². The summed E-state index contributed by atoms with van der Waals surface area (Å²) in [6.07, 6.45) is 7.11. The fourth-order valence-corrected chi connectivity index (χ4v) is 2.22. The van der Waals surface area contributed by atoms with Crippen LogP contribution in [0.15, 0.2) is 12.2 Å². The number of nitrogens with one attached hydrogen (secondary N) is 1. The third-order valence-electron chi connectivity index (χ3n) is 3.54. The van der Waals surface area contributed by atoms with Crippen LogP contribution < -0.4 is 5.32 Å². The van der Waals surface area contributed by atoms with E-state index in [2.05, 4.69) is 18.8 Å². The molecule has 74 valence electrons. The number of rotatable bonds is 6. The first-order chi connectivity index (χ1) is 6.23. The van der Waals surface area contributed by atoms with Gasteiger partial charge in [0, 0.05) is 6.54 Å². The highest BCUT2D eigenvalue weighted by Crippen LogP contribution is 2.60. The van der Waals surface area contributed by atoms with Gasteiger partial charge >= 0.3 is 0 Å². The Kier molecular flexibility index (Phi) is 2.46. The van der Waals surface area contributed by atoms with E-state index < -0.39 is 0 Å². The van der Waals surface area contributed by atoms with Gasteiger partial charge in [0.05, 0.1) is 0 Å². The second-order valence-electron chi connectivity index (χ2n) is 5.02. The zero-order valence-electron chi connectivity index (χ0n) is 8.73. The third kappa shape index (κ3) is 2.34. The molecule has 1 heteroatoms. The highest BCUT2D eigenvalue weighted by molar-refractivity contribution is 5.05. The molecule has 0 unspecified atom stereocenters. The molecule has 0 aromatic heterocycles. The molecule has 2 aliphatic rings. The van der Waals surface area contributed by atoms with Crippen LogP contribution in [0.25, 0.3) is 0 Å². The van der Waals surface area contributed by atoms with E-state index in [1.807, 2.05) is 0 Å². The van der Waals surface area contributed by atoms with Gasteiger partial charge in [0.2, 0.25) is 0 Å². The molecule has 0 radical (unpaired) electrons. The third-order valence-corrected chi connectivity index (χ3v) is 3.54. The van der Waals surface area contributed by atoms with E-state index in [9.17, 15) is 0 Å². The zero-order chi connectivity index (χ0) is 9.31. The van der Waals surface area contributed by atoms with Crippen LogP contribution in [-0.4, -0.2) is 13.1 Å². The average Bonchev–Trinajstić information content (AvgIpc) is 2.88. The molecular weight excluding hydrogens is 158 g/mol. The van der Waals surface area contributed by atoms with E-state index >= 15 is 0 Å². The van der Waals surface area contributed by atoms with Crippen molar-refractivity contribution < 1.29 is 0 Å². The topological polar surface area (TPSA) is 12.0 Å². The molecule has 0 amide bonds. The van der Waals surface area contributed by atoms with Crippen LogP contribution in [0.4, 0.5) is 0 Å². The lowest BCUT2D eigenvalue weighted by Gasteiger charge is -2.14. The molecule has 0 atom stereocenters.